The lowest BCUT2D eigenvalue weighted by Gasteiger charge is -2.56. The fourth-order valence-electron chi connectivity index (χ4n) is 4.49. The van der Waals surface area contributed by atoms with Gasteiger partial charge in [-0.3, -0.25) is 0 Å². The molecular formula is C15H26O. The van der Waals surface area contributed by atoms with Crippen LogP contribution in [0.25, 0.3) is 0 Å². The second-order valence-corrected chi connectivity index (χ2v) is 6.82. The van der Waals surface area contributed by atoms with Crippen LogP contribution in [0.4, 0.5) is 0 Å². The molecule has 1 N–H and O–H groups in total. The molecule has 0 heterocycles. The highest BCUT2D eigenvalue weighted by atomic mass is 16.3. The van der Waals surface area contributed by atoms with Crippen LogP contribution in [0.3, 0.4) is 0 Å². The van der Waals surface area contributed by atoms with E-state index < -0.39 is 0 Å². The van der Waals surface area contributed by atoms with E-state index in [1.165, 1.54) is 31.3 Å². The predicted molar refractivity (Wildman–Crippen MR) is 68.2 cm³/mol. The lowest BCUT2D eigenvalue weighted by Crippen LogP contribution is -2.49. The Kier molecular flexibility index (Phi) is 2.94. The first-order chi connectivity index (χ1) is 7.42. The fourth-order valence-corrected chi connectivity index (χ4v) is 4.49. The van der Waals surface area contributed by atoms with Gasteiger partial charge in [-0.1, -0.05) is 38.8 Å². The Labute approximate surface area is 99.9 Å². The first-order valence-corrected chi connectivity index (χ1v) is 6.69. The van der Waals surface area contributed by atoms with Gasteiger partial charge in [0.05, 0.1) is 6.61 Å². The highest BCUT2D eigenvalue weighted by Crippen LogP contribution is 2.59. The molecular weight excluding hydrogens is 196 g/mol. The second kappa shape index (κ2) is 3.87. The van der Waals surface area contributed by atoms with E-state index in [-0.39, 0.29) is 0 Å². The van der Waals surface area contributed by atoms with Gasteiger partial charge in [-0.05, 0) is 42.9 Å². The minimum absolute atomic E-state index is 0.325. The number of rotatable bonds is 1. The predicted octanol–water partition coefficient (Wildman–Crippen LogP) is 3.78. The molecule has 1 heteroatoms. The third-order valence-electron chi connectivity index (χ3n) is 5.48. The number of fused-ring (bicyclic) bond motifs is 1. The zero-order chi connectivity index (χ0) is 12.0. The van der Waals surface area contributed by atoms with Crippen molar-refractivity contribution in [3.8, 4) is 0 Å². The monoisotopic (exact) mass is 222 g/mol. The van der Waals surface area contributed by atoms with E-state index >= 15 is 0 Å². The molecule has 1 saturated carbocycles. The van der Waals surface area contributed by atoms with Crippen LogP contribution in [0.1, 0.15) is 53.4 Å². The fraction of sp³-hybridized carbons (Fsp3) is 0.867. The Hall–Kier alpha value is -0.300. The van der Waals surface area contributed by atoms with Crippen LogP contribution in [-0.4, -0.2) is 11.7 Å². The normalized spacial score (nSPS) is 42.4. The average molecular weight is 222 g/mol. The average Bonchev–Trinajstić information content (AvgIpc) is 2.15. The first kappa shape index (κ1) is 12.2. The second-order valence-electron chi connectivity index (χ2n) is 6.82. The van der Waals surface area contributed by atoms with E-state index in [1.54, 1.807) is 0 Å². The van der Waals surface area contributed by atoms with Crippen LogP contribution in [0.2, 0.25) is 0 Å². The van der Waals surface area contributed by atoms with E-state index in [0.29, 0.717) is 23.4 Å². The molecule has 0 bridgehead atoms. The molecule has 16 heavy (non-hydrogen) atoms. The van der Waals surface area contributed by atoms with Gasteiger partial charge in [0.2, 0.25) is 0 Å². The van der Waals surface area contributed by atoms with Crippen LogP contribution >= 0.6 is 0 Å². The third kappa shape index (κ3) is 1.64. The lowest BCUT2D eigenvalue weighted by molar-refractivity contribution is -0.0509. The number of aliphatic hydroxyl groups excluding tert-OH is 1. The molecule has 2 rings (SSSR count). The maximum atomic E-state index is 9.69. The van der Waals surface area contributed by atoms with Crippen molar-refractivity contribution in [2.45, 2.75) is 53.4 Å². The number of hydrogen-bond acceptors (Lipinski definition) is 1. The molecule has 0 saturated heterocycles. The summed E-state index contributed by atoms with van der Waals surface area (Å²) in [6.07, 6.45) is 7.55. The van der Waals surface area contributed by atoms with Gasteiger partial charge in [0.25, 0.3) is 0 Å². The summed E-state index contributed by atoms with van der Waals surface area (Å²) < 4.78 is 0. The summed E-state index contributed by atoms with van der Waals surface area (Å²) in [4.78, 5) is 0. The number of aliphatic hydroxyl groups is 1. The van der Waals surface area contributed by atoms with E-state index in [2.05, 4.69) is 33.8 Å². The molecule has 0 spiro atoms. The van der Waals surface area contributed by atoms with Crippen LogP contribution < -0.4 is 0 Å². The third-order valence-corrected chi connectivity index (χ3v) is 5.48. The molecule has 0 aromatic rings. The molecule has 3 atom stereocenters. The van der Waals surface area contributed by atoms with Crippen molar-refractivity contribution in [2.75, 3.05) is 6.61 Å². The molecule has 0 amide bonds. The zero-order valence-corrected chi connectivity index (χ0v) is 11.2. The van der Waals surface area contributed by atoms with Gasteiger partial charge in [0.1, 0.15) is 0 Å². The quantitative estimate of drug-likeness (QED) is 0.669. The van der Waals surface area contributed by atoms with Crippen molar-refractivity contribution in [3.05, 3.63) is 11.6 Å². The standard InChI is InChI=1S/C15H26O/c1-11-6-7-13-14(2,3)8-5-9-15(13,4)12(11)10-16/h6,12-13,16H,5,7-10H2,1-4H3/t12-,13?,15?/m0/s1. The molecule has 0 radical (unpaired) electrons. The Bertz CT molecular complexity index is 303. The summed E-state index contributed by atoms with van der Waals surface area (Å²) in [7, 11) is 0. The van der Waals surface area contributed by atoms with Crippen molar-refractivity contribution in [1.82, 2.24) is 0 Å². The van der Waals surface area contributed by atoms with E-state index in [0.717, 1.165) is 5.92 Å². The van der Waals surface area contributed by atoms with Gasteiger partial charge < -0.3 is 5.11 Å². The Morgan fingerprint density at radius 2 is 2.00 bits per heavy atom. The maximum Gasteiger partial charge on any atom is 0.0501 e. The molecule has 92 valence electrons. The van der Waals surface area contributed by atoms with Gasteiger partial charge in [-0.15, -0.1) is 0 Å². The maximum absolute atomic E-state index is 9.69. The summed E-state index contributed by atoms with van der Waals surface area (Å²) in [5, 5.41) is 9.69. The SMILES string of the molecule is CC1=CCC2C(C)(C)CCCC2(C)[C@H]1CO. The van der Waals surface area contributed by atoms with Gasteiger partial charge >= 0.3 is 0 Å². The smallest absolute Gasteiger partial charge is 0.0501 e. The van der Waals surface area contributed by atoms with Gasteiger partial charge in [-0.2, -0.15) is 0 Å². The van der Waals surface area contributed by atoms with Gasteiger partial charge in [0.15, 0.2) is 0 Å². The van der Waals surface area contributed by atoms with Crippen LogP contribution in [0.15, 0.2) is 11.6 Å². The minimum atomic E-state index is 0.325. The van der Waals surface area contributed by atoms with Crippen molar-refractivity contribution in [1.29, 1.82) is 0 Å². The van der Waals surface area contributed by atoms with E-state index in [9.17, 15) is 5.11 Å². The highest BCUT2D eigenvalue weighted by molar-refractivity contribution is 5.18. The summed E-state index contributed by atoms with van der Waals surface area (Å²) in [6, 6.07) is 0. The van der Waals surface area contributed by atoms with Crippen LogP contribution in [0.5, 0.6) is 0 Å². The number of allylic oxidation sites excluding steroid dienone is 1. The first-order valence-electron chi connectivity index (χ1n) is 6.69. The van der Waals surface area contributed by atoms with Gasteiger partial charge in [-0.25, -0.2) is 0 Å². The molecule has 2 aliphatic carbocycles. The van der Waals surface area contributed by atoms with Crippen molar-refractivity contribution < 1.29 is 5.11 Å². The molecule has 0 aromatic heterocycles. The van der Waals surface area contributed by atoms with Crippen molar-refractivity contribution in [3.63, 3.8) is 0 Å². The molecule has 1 fully saturated rings. The molecule has 2 unspecified atom stereocenters. The lowest BCUT2D eigenvalue weighted by atomic mass is 9.49. The van der Waals surface area contributed by atoms with E-state index in [1.807, 2.05) is 0 Å². The summed E-state index contributed by atoms with van der Waals surface area (Å²) in [5.74, 6) is 1.14. The molecule has 2 aliphatic rings. The Morgan fingerprint density at radius 1 is 1.31 bits per heavy atom. The summed E-state index contributed by atoms with van der Waals surface area (Å²) in [5.41, 5.74) is 2.19. The summed E-state index contributed by atoms with van der Waals surface area (Å²) >= 11 is 0. The molecule has 0 aliphatic heterocycles. The minimum Gasteiger partial charge on any atom is -0.396 e. The Balaban J connectivity index is 2.39. The van der Waals surface area contributed by atoms with Crippen molar-refractivity contribution in [2.24, 2.45) is 22.7 Å². The molecule has 1 nitrogen and oxygen atoms in total. The largest absolute Gasteiger partial charge is 0.396 e. The highest BCUT2D eigenvalue weighted by Gasteiger charge is 2.51. The number of hydrogen-bond donors (Lipinski definition) is 1. The van der Waals surface area contributed by atoms with Crippen LogP contribution in [0, 0.1) is 22.7 Å². The van der Waals surface area contributed by atoms with Crippen molar-refractivity contribution >= 4 is 0 Å². The Morgan fingerprint density at radius 3 is 2.62 bits per heavy atom. The van der Waals surface area contributed by atoms with E-state index in [4.69, 9.17) is 0 Å². The van der Waals surface area contributed by atoms with Crippen LogP contribution in [-0.2, 0) is 0 Å². The topological polar surface area (TPSA) is 20.2 Å². The summed E-state index contributed by atoms with van der Waals surface area (Å²) in [6.45, 7) is 9.77. The van der Waals surface area contributed by atoms with Gasteiger partial charge in [0, 0.05) is 5.92 Å². The zero-order valence-electron chi connectivity index (χ0n) is 11.2. The molecule has 0 aromatic carbocycles.